The second-order valence-electron chi connectivity index (χ2n) is 2.97. The van der Waals surface area contributed by atoms with Crippen molar-refractivity contribution in [3.63, 3.8) is 0 Å². The number of pyridine rings is 1. The van der Waals surface area contributed by atoms with Gasteiger partial charge in [-0.2, -0.15) is 0 Å². The van der Waals surface area contributed by atoms with Crippen molar-refractivity contribution in [2.75, 3.05) is 0 Å². The Hall–Kier alpha value is -1.77. The van der Waals surface area contributed by atoms with Gasteiger partial charge < -0.3 is 10.1 Å². The number of aromatic hydroxyl groups is 1. The Morgan fingerprint density at radius 3 is 2.18 bits per heavy atom. The van der Waals surface area contributed by atoms with Crippen molar-refractivity contribution >= 4 is 10.9 Å². The van der Waals surface area contributed by atoms with Crippen LogP contribution >= 0.6 is 0 Å². The van der Waals surface area contributed by atoms with Crippen molar-refractivity contribution in [3.05, 3.63) is 40.2 Å². The number of hydrogen-bond donors (Lipinski definition) is 2. The van der Waals surface area contributed by atoms with Gasteiger partial charge in [0.1, 0.15) is 5.75 Å². The third-order valence-electron chi connectivity index (χ3n) is 2.13. The van der Waals surface area contributed by atoms with Crippen LogP contribution in [0.3, 0.4) is 0 Å². The smallest absolute Gasteiger partial charge is 0.255 e. The van der Waals surface area contributed by atoms with E-state index in [1.165, 1.54) is 0 Å². The number of aromatic nitrogens is 1. The molecule has 0 atom stereocenters. The first-order valence-corrected chi connectivity index (χ1v) is 6.01. The Kier molecular flexibility index (Phi) is 6.71. The molecule has 0 fully saturated rings. The fraction of sp³-hybridized carbons (Fsp3) is 0.357. The van der Waals surface area contributed by atoms with E-state index in [4.69, 9.17) is 0 Å². The Bertz CT molecular complexity index is 515. The molecule has 0 unspecified atom stereocenters. The number of rotatable bonds is 0. The highest BCUT2D eigenvalue weighted by molar-refractivity contribution is 5.85. The summed E-state index contributed by atoms with van der Waals surface area (Å²) in [4.78, 5) is 13.9. The van der Waals surface area contributed by atoms with Gasteiger partial charge in [-0.25, -0.2) is 0 Å². The average Bonchev–Trinajstić information content (AvgIpc) is 2.41. The average molecular weight is 235 g/mol. The maximum absolute atomic E-state index is 11.2. The Morgan fingerprint density at radius 1 is 1.06 bits per heavy atom. The van der Waals surface area contributed by atoms with E-state index in [9.17, 15) is 9.90 Å². The van der Waals surface area contributed by atoms with E-state index < -0.39 is 0 Å². The van der Waals surface area contributed by atoms with E-state index in [2.05, 4.69) is 4.98 Å². The molecule has 1 aromatic carbocycles. The van der Waals surface area contributed by atoms with Gasteiger partial charge in [-0.15, -0.1) is 0 Å². The summed E-state index contributed by atoms with van der Waals surface area (Å²) in [6, 6.07) is 7.16. The summed E-state index contributed by atoms with van der Waals surface area (Å²) in [5.41, 5.74) is 0.783. The number of benzene rings is 1. The van der Waals surface area contributed by atoms with E-state index in [1.54, 1.807) is 19.1 Å². The minimum atomic E-state index is -0.240. The van der Waals surface area contributed by atoms with Crippen LogP contribution in [0.4, 0.5) is 0 Å². The third-order valence-corrected chi connectivity index (χ3v) is 2.13. The monoisotopic (exact) mass is 235 g/mol. The summed E-state index contributed by atoms with van der Waals surface area (Å²) in [6.45, 7) is 9.60. The van der Waals surface area contributed by atoms with E-state index in [0.29, 0.717) is 16.5 Å². The molecule has 0 radical (unpaired) electrons. The van der Waals surface area contributed by atoms with Gasteiger partial charge in [-0.1, -0.05) is 39.8 Å². The first-order chi connectivity index (χ1) is 8.20. The molecule has 1 heterocycles. The van der Waals surface area contributed by atoms with Crippen molar-refractivity contribution in [1.29, 1.82) is 0 Å². The van der Waals surface area contributed by atoms with Crippen molar-refractivity contribution < 1.29 is 5.11 Å². The summed E-state index contributed by atoms with van der Waals surface area (Å²) in [7, 11) is 0. The molecule has 2 rings (SSSR count). The molecule has 0 aliphatic carbocycles. The summed E-state index contributed by atoms with van der Waals surface area (Å²) in [5.74, 6) is 0.0688. The fourth-order valence-corrected chi connectivity index (χ4v) is 1.32. The molecular formula is C14H21NO2. The number of aromatic amines is 1. The molecule has 0 aliphatic rings. The highest BCUT2D eigenvalue weighted by Crippen LogP contribution is 2.23. The summed E-state index contributed by atoms with van der Waals surface area (Å²) in [5, 5.41) is 10.3. The zero-order chi connectivity index (χ0) is 13.4. The molecule has 2 N–H and O–H groups in total. The zero-order valence-electron chi connectivity index (χ0n) is 11.2. The first-order valence-electron chi connectivity index (χ1n) is 6.01. The van der Waals surface area contributed by atoms with Gasteiger partial charge in [-0.3, -0.25) is 4.79 Å². The maximum atomic E-state index is 11.2. The number of hydrogen-bond acceptors (Lipinski definition) is 2. The second kappa shape index (κ2) is 7.49. The molecule has 0 bridgehead atoms. The van der Waals surface area contributed by atoms with Crippen molar-refractivity contribution in [1.82, 2.24) is 4.98 Å². The van der Waals surface area contributed by atoms with E-state index in [1.807, 2.05) is 39.8 Å². The lowest BCUT2D eigenvalue weighted by molar-refractivity contribution is 0.476. The quantitative estimate of drug-likeness (QED) is 0.733. The predicted octanol–water partition coefficient (Wildman–Crippen LogP) is 3.59. The van der Waals surface area contributed by atoms with Crippen molar-refractivity contribution in [2.24, 2.45) is 0 Å². The molecule has 0 aliphatic heterocycles. The first kappa shape index (κ1) is 15.2. The SMILES string of the molecule is CC.CC.Cc1c(O)c2ccccc2[nH]c1=O. The number of para-hydroxylation sites is 1. The highest BCUT2D eigenvalue weighted by atomic mass is 16.3. The van der Waals surface area contributed by atoms with Crippen LogP contribution in [0.1, 0.15) is 33.3 Å². The van der Waals surface area contributed by atoms with Crippen molar-refractivity contribution in [2.45, 2.75) is 34.6 Å². The molecule has 0 saturated heterocycles. The minimum Gasteiger partial charge on any atom is -0.507 e. The van der Waals surface area contributed by atoms with Gasteiger partial charge in [-0.05, 0) is 19.1 Å². The second-order valence-corrected chi connectivity index (χ2v) is 2.97. The molecule has 3 heteroatoms. The topological polar surface area (TPSA) is 53.1 Å². The van der Waals surface area contributed by atoms with Crippen LogP contribution in [0, 0.1) is 6.92 Å². The van der Waals surface area contributed by atoms with E-state index in [-0.39, 0.29) is 11.3 Å². The Balaban J connectivity index is 0.000000581. The Morgan fingerprint density at radius 2 is 1.59 bits per heavy atom. The molecule has 1 aromatic heterocycles. The van der Waals surface area contributed by atoms with Crippen LogP contribution in [-0.4, -0.2) is 10.1 Å². The summed E-state index contributed by atoms with van der Waals surface area (Å²) < 4.78 is 0. The molecule has 94 valence electrons. The number of fused-ring (bicyclic) bond motifs is 1. The molecule has 3 nitrogen and oxygen atoms in total. The van der Waals surface area contributed by atoms with E-state index >= 15 is 0 Å². The molecule has 0 spiro atoms. The fourth-order valence-electron chi connectivity index (χ4n) is 1.32. The van der Waals surface area contributed by atoms with Gasteiger partial charge in [0.2, 0.25) is 0 Å². The largest absolute Gasteiger partial charge is 0.507 e. The lowest BCUT2D eigenvalue weighted by Crippen LogP contribution is -2.08. The van der Waals surface area contributed by atoms with Gasteiger partial charge in [0.15, 0.2) is 0 Å². The third kappa shape index (κ3) is 3.34. The predicted molar refractivity (Wildman–Crippen MR) is 73.7 cm³/mol. The van der Waals surface area contributed by atoms with Gasteiger partial charge in [0, 0.05) is 5.39 Å². The molecule has 17 heavy (non-hydrogen) atoms. The zero-order valence-corrected chi connectivity index (χ0v) is 11.2. The van der Waals surface area contributed by atoms with Crippen LogP contribution in [0.25, 0.3) is 10.9 Å². The summed E-state index contributed by atoms with van der Waals surface area (Å²) in [6.07, 6.45) is 0. The maximum Gasteiger partial charge on any atom is 0.255 e. The van der Waals surface area contributed by atoms with Crippen LogP contribution < -0.4 is 5.56 Å². The molecule has 0 saturated carbocycles. The van der Waals surface area contributed by atoms with Crippen LogP contribution in [0.2, 0.25) is 0 Å². The molecule has 0 amide bonds. The van der Waals surface area contributed by atoms with Crippen LogP contribution in [-0.2, 0) is 0 Å². The number of H-pyrrole nitrogens is 1. The number of nitrogens with one attached hydrogen (secondary N) is 1. The van der Waals surface area contributed by atoms with Crippen LogP contribution in [0.5, 0.6) is 5.75 Å². The highest BCUT2D eigenvalue weighted by Gasteiger charge is 2.05. The van der Waals surface area contributed by atoms with E-state index in [0.717, 1.165) is 0 Å². The molecule has 2 aromatic rings. The standard InChI is InChI=1S/C10H9NO2.2C2H6/c1-6-9(12)7-4-2-3-5-8(7)11-10(6)13;2*1-2/h2-5H,1H3,(H2,11,12,13);2*1-2H3. The summed E-state index contributed by atoms with van der Waals surface area (Å²) >= 11 is 0. The van der Waals surface area contributed by atoms with Crippen LogP contribution in [0.15, 0.2) is 29.1 Å². The van der Waals surface area contributed by atoms with Gasteiger partial charge in [0.25, 0.3) is 5.56 Å². The van der Waals surface area contributed by atoms with Crippen molar-refractivity contribution in [3.8, 4) is 5.75 Å². The molecular weight excluding hydrogens is 214 g/mol. The minimum absolute atomic E-state index is 0.0688. The van der Waals surface area contributed by atoms with Gasteiger partial charge >= 0.3 is 0 Å². The Labute approximate surface area is 102 Å². The lowest BCUT2D eigenvalue weighted by atomic mass is 10.1. The van der Waals surface area contributed by atoms with Gasteiger partial charge in [0.05, 0.1) is 11.1 Å². The normalized spacial score (nSPS) is 8.76. The lowest BCUT2D eigenvalue weighted by Gasteiger charge is -2.02.